The predicted octanol–water partition coefficient (Wildman–Crippen LogP) is 1.71. The van der Waals surface area contributed by atoms with Gasteiger partial charge in [0.05, 0.1) is 5.41 Å². The number of aliphatic hydroxyl groups is 3. The van der Waals surface area contributed by atoms with Crippen LogP contribution in [0.1, 0.15) is 73.6 Å². The van der Waals surface area contributed by atoms with Crippen LogP contribution in [0, 0.1) is 22.7 Å². The van der Waals surface area contributed by atoms with Crippen LogP contribution in [-0.4, -0.2) is 68.6 Å². The Morgan fingerprint density at radius 3 is 2.41 bits per heavy atom. The Labute approximate surface area is 218 Å². The number of hydrogen-bond donors (Lipinski definition) is 4. The van der Waals surface area contributed by atoms with Crippen molar-refractivity contribution in [3.8, 4) is 0 Å². The van der Waals surface area contributed by atoms with Crippen molar-refractivity contribution in [3.05, 3.63) is 23.3 Å². The molecule has 0 saturated heterocycles. The first-order valence-corrected chi connectivity index (χ1v) is 13.3. The lowest BCUT2D eigenvalue weighted by Gasteiger charge is -2.49. The molecule has 206 valence electrons. The Bertz CT molecular complexity index is 1080. The van der Waals surface area contributed by atoms with Gasteiger partial charge in [-0.25, -0.2) is 0 Å². The van der Waals surface area contributed by atoms with Crippen molar-refractivity contribution in [2.24, 2.45) is 28.4 Å². The highest BCUT2D eigenvalue weighted by Gasteiger charge is 2.86. The van der Waals surface area contributed by atoms with E-state index in [1.54, 1.807) is 13.8 Å². The average molecular weight is 520 g/mol. The maximum absolute atomic E-state index is 14.6. The van der Waals surface area contributed by atoms with Crippen LogP contribution in [0.15, 0.2) is 23.3 Å². The Balaban J connectivity index is 1.91. The zero-order valence-electron chi connectivity index (χ0n) is 22.7. The summed E-state index contributed by atoms with van der Waals surface area (Å²) in [6, 6.07) is 0. The minimum Gasteiger partial charge on any atom is -0.461 e. The van der Waals surface area contributed by atoms with Crippen LogP contribution in [0.3, 0.4) is 0 Å². The highest BCUT2D eigenvalue weighted by Crippen LogP contribution is 2.75. The van der Waals surface area contributed by atoms with Gasteiger partial charge >= 0.3 is 11.9 Å². The Hall–Kier alpha value is -2.07. The molecule has 2 fully saturated rings. The van der Waals surface area contributed by atoms with Gasteiger partial charge in [0.25, 0.3) is 0 Å². The largest absolute Gasteiger partial charge is 0.461 e. The first-order valence-electron chi connectivity index (χ1n) is 13.3. The summed E-state index contributed by atoms with van der Waals surface area (Å²) in [7, 11) is 0. The Morgan fingerprint density at radius 1 is 1.16 bits per heavy atom. The van der Waals surface area contributed by atoms with Crippen molar-refractivity contribution in [3.63, 3.8) is 0 Å². The van der Waals surface area contributed by atoms with Crippen LogP contribution >= 0.6 is 0 Å². The number of unbranched alkanes of at least 4 members (excludes halogenated alkanes) is 2. The molecular weight excluding hydrogens is 478 g/mol. The molecule has 0 unspecified atom stereocenters. The standard InChI is InChI=1S/C28H41NO8/c1-7-8-9-10-19(31)37-27-12-16(3)25-11-15(2)20(32)28(25,35)21(33)18(14-36-17(4)30)13-26(29,23(25)34)22(27)24(27,5)6/h11,13,16,20-22,32-33,35H,7-10,12,14,29H2,1-6H3/t16-,20+,21-,22+,25+,26-,27+,28-/m1/s1. The second-order valence-corrected chi connectivity index (χ2v) is 12.2. The number of esters is 2. The quantitative estimate of drug-likeness (QED) is 0.223. The first kappa shape index (κ1) is 28.0. The second-order valence-electron chi connectivity index (χ2n) is 12.2. The van der Waals surface area contributed by atoms with Gasteiger partial charge in [-0.05, 0) is 36.8 Å². The molecule has 8 atom stereocenters. The molecule has 0 aromatic carbocycles. The van der Waals surface area contributed by atoms with Gasteiger partial charge in [-0.1, -0.05) is 52.7 Å². The van der Waals surface area contributed by atoms with Gasteiger partial charge in [0.15, 0.2) is 5.78 Å². The molecule has 1 spiro atoms. The summed E-state index contributed by atoms with van der Waals surface area (Å²) >= 11 is 0. The third kappa shape index (κ3) is 3.46. The molecule has 9 heteroatoms. The molecule has 0 radical (unpaired) electrons. The third-order valence-electron chi connectivity index (χ3n) is 9.71. The molecule has 37 heavy (non-hydrogen) atoms. The molecule has 4 rings (SSSR count). The van der Waals surface area contributed by atoms with Crippen molar-refractivity contribution < 1.29 is 39.2 Å². The molecule has 9 nitrogen and oxygen atoms in total. The van der Waals surface area contributed by atoms with E-state index in [2.05, 4.69) is 0 Å². The van der Waals surface area contributed by atoms with Gasteiger partial charge in [-0.2, -0.15) is 0 Å². The van der Waals surface area contributed by atoms with E-state index in [9.17, 15) is 29.7 Å². The number of ether oxygens (including phenoxy) is 2. The Morgan fingerprint density at radius 2 is 1.81 bits per heavy atom. The lowest BCUT2D eigenvalue weighted by atomic mass is 9.58. The molecule has 4 aliphatic carbocycles. The number of rotatable bonds is 7. The third-order valence-corrected chi connectivity index (χ3v) is 9.71. The number of ketones is 1. The molecular formula is C28H41NO8. The fourth-order valence-electron chi connectivity index (χ4n) is 7.92. The zero-order chi connectivity index (χ0) is 27.8. The SMILES string of the molecule is CCCCCC(=O)O[C@@]12C[C@@H](C)[C@]34C=C(C)[C@H](O)[C@@]3(O)[C@H](O)C(COC(C)=O)=C[C@](N)(C4=O)[C@@H]1C2(C)C. The number of carbonyl (C=O) groups excluding carboxylic acids is 3. The van der Waals surface area contributed by atoms with Crippen molar-refractivity contribution in [1.29, 1.82) is 0 Å². The van der Waals surface area contributed by atoms with E-state index >= 15 is 0 Å². The lowest BCUT2D eigenvalue weighted by molar-refractivity contribution is -0.192. The lowest BCUT2D eigenvalue weighted by Crippen LogP contribution is -2.68. The summed E-state index contributed by atoms with van der Waals surface area (Å²) in [5.41, 5.74) is -0.302. The predicted molar refractivity (Wildman–Crippen MR) is 134 cm³/mol. The van der Waals surface area contributed by atoms with Gasteiger partial charge < -0.3 is 30.5 Å². The van der Waals surface area contributed by atoms with E-state index in [0.717, 1.165) is 12.8 Å². The van der Waals surface area contributed by atoms with Crippen LogP contribution in [0.4, 0.5) is 0 Å². The molecule has 0 aromatic heterocycles. The number of Topliss-reactive ketones (excluding diaryl/α,β-unsaturated/α-hetero) is 1. The average Bonchev–Trinajstić information content (AvgIpc) is 3.23. The number of aliphatic hydroxyl groups excluding tert-OH is 2. The topological polar surface area (TPSA) is 156 Å². The molecule has 2 saturated carbocycles. The molecule has 2 bridgehead atoms. The van der Waals surface area contributed by atoms with E-state index in [1.807, 2.05) is 20.8 Å². The van der Waals surface area contributed by atoms with E-state index in [-0.39, 0.29) is 24.4 Å². The van der Waals surface area contributed by atoms with Gasteiger partial charge in [0.2, 0.25) is 0 Å². The molecule has 0 aliphatic heterocycles. The smallest absolute Gasteiger partial charge is 0.306 e. The Kier molecular flexibility index (Phi) is 6.59. The van der Waals surface area contributed by atoms with E-state index in [0.29, 0.717) is 12.0 Å². The highest BCUT2D eigenvalue weighted by molar-refractivity contribution is 6.02. The fraction of sp³-hybridized carbons (Fsp3) is 0.750. The monoisotopic (exact) mass is 519 g/mol. The van der Waals surface area contributed by atoms with Gasteiger partial charge in [-0.15, -0.1) is 0 Å². The summed E-state index contributed by atoms with van der Waals surface area (Å²) in [6.45, 7) is 9.99. The van der Waals surface area contributed by atoms with E-state index in [1.165, 1.54) is 19.1 Å². The van der Waals surface area contributed by atoms with Gasteiger partial charge in [0, 0.05) is 24.7 Å². The number of fused-ring (bicyclic) bond motifs is 3. The summed E-state index contributed by atoms with van der Waals surface area (Å²) in [6.07, 6.45) is 2.62. The van der Waals surface area contributed by atoms with Crippen LogP contribution in [0.25, 0.3) is 0 Å². The molecule has 0 aromatic rings. The number of carbonyl (C=O) groups is 3. The summed E-state index contributed by atoms with van der Waals surface area (Å²) in [5.74, 6) is -2.86. The van der Waals surface area contributed by atoms with Crippen molar-refractivity contribution in [1.82, 2.24) is 0 Å². The number of hydrogen-bond acceptors (Lipinski definition) is 9. The van der Waals surface area contributed by atoms with Gasteiger partial charge in [-0.3, -0.25) is 14.4 Å². The number of nitrogens with two attached hydrogens (primary N) is 1. The van der Waals surface area contributed by atoms with Crippen LogP contribution in [0.2, 0.25) is 0 Å². The van der Waals surface area contributed by atoms with Crippen molar-refractivity contribution in [2.75, 3.05) is 6.61 Å². The minimum atomic E-state index is -2.35. The van der Waals surface area contributed by atoms with Crippen molar-refractivity contribution in [2.45, 2.75) is 103 Å². The summed E-state index contributed by atoms with van der Waals surface area (Å²) < 4.78 is 11.4. The summed E-state index contributed by atoms with van der Waals surface area (Å²) in [5, 5.41) is 34.8. The normalized spacial score (nSPS) is 43.5. The van der Waals surface area contributed by atoms with Crippen LogP contribution < -0.4 is 5.73 Å². The summed E-state index contributed by atoms with van der Waals surface area (Å²) in [4.78, 5) is 39.3. The molecule has 5 N–H and O–H groups in total. The van der Waals surface area contributed by atoms with Crippen LogP contribution in [0.5, 0.6) is 0 Å². The fourth-order valence-corrected chi connectivity index (χ4v) is 7.92. The van der Waals surface area contributed by atoms with E-state index in [4.69, 9.17) is 15.2 Å². The maximum atomic E-state index is 14.6. The highest BCUT2D eigenvalue weighted by atomic mass is 16.6. The van der Waals surface area contributed by atoms with E-state index < -0.39 is 70.0 Å². The molecule has 4 aliphatic rings. The van der Waals surface area contributed by atoms with Crippen molar-refractivity contribution >= 4 is 17.7 Å². The minimum absolute atomic E-state index is 0.0255. The maximum Gasteiger partial charge on any atom is 0.306 e. The van der Waals surface area contributed by atoms with Crippen LogP contribution in [-0.2, 0) is 23.9 Å². The molecule has 0 heterocycles. The van der Waals surface area contributed by atoms with Gasteiger partial charge in [0.1, 0.15) is 35.6 Å². The molecule has 0 amide bonds. The second kappa shape index (κ2) is 8.73. The first-order chi connectivity index (χ1) is 17.1. The zero-order valence-corrected chi connectivity index (χ0v) is 22.7.